The third-order valence-electron chi connectivity index (χ3n) is 4.04. The average Bonchev–Trinajstić information content (AvgIpc) is 3.35. The average molecular weight is 379 g/mol. The van der Waals surface area contributed by atoms with E-state index in [2.05, 4.69) is 21.3 Å². The molecule has 0 saturated heterocycles. The molecule has 0 atom stereocenters. The van der Waals surface area contributed by atoms with Crippen molar-refractivity contribution in [1.82, 2.24) is 19.1 Å². The molecule has 0 amide bonds. The van der Waals surface area contributed by atoms with E-state index < -0.39 is 10.0 Å². The normalized spacial score (nSPS) is 14.8. The number of nitrogens with zero attached hydrogens (tertiary/aromatic N) is 4. The lowest BCUT2D eigenvalue weighted by Gasteiger charge is -2.12. The van der Waals surface area contributed by atoms with Crippen LogP contribution in [0.1, 0.15) is 30.1 Å². The van der Waals surface area contributed by atoms with Gasteiger partial charge < -0.3 is 4.57 Å². The number of benzene rings is 1. The molecule has 0 aliphatic heterocycles. The molecular weight excluding hydrogens is 356 g/mol. The summed E-state index contributed by atoms with van der Waals surface area (Å²) in [5.41, 5.74) is 0.939. The monoisotopic (exact) mass is 378 g/mol. The van der Waals surface area contributed by atoms with Crippen LogP contribution in [-0.4, -0.2) is 41.6 Å². The highest BCUT2D eigenvalue weighted by molar-refractivity contribution is 7.98. The van der Waals surface area contributed by atoms with Gasteiger partial charge in [0.05, 0.1) is 4.90 Å². The van der Waals surface area contributed by atoms with Gasteiger partial charge in [-0.05, 0) is 30.5 Å². The SMILES string of the molecule is C=CCn1c(SCc2cccc(S(=O)(=O)N(C)C)c2)nnc1C1CC1. The number of hydrogen-bond acceptors (Lipinski definition) is 5. The van der Waals surface area contributed by atoms with Crippen molar-refractivity contribution >= 4 is 21.8 Å². The lowest BCUT2D eigenvalue weighted by Crippen LogP contribution is -2.22. The van der Waals surface area contributed by atoms with Crippen LogP contribution in [0.2, 0.25) is 0 Å². The second-order valence-corrected chi connectivity index (χ2v) is 9.33. The van der Waals surface area contributed by atoms with Gasteiger partial charge in [-0.3, -0.25) is 0 Å². The minimum absolute atomic E-state index is 0.307. The van der Waals surface area contributed by atoms with Gasteiger partial charge in [0.1, 0.15) is 5.82 Å². The first-order valence-electron chi connectivity index (χ1n) is 8.11. The zero-order valence-corrected chi connectivity index (χ0v) is 16.1. The van der Waals surface area contributed by atoms with E-state index in [4.69, 9.17) is 0 Å². The lowest BCUT2D eigenvalue weighted by molar-refractivity contribution is 0.520. The van der Waals surface area contributed by atoms with E-state index >= 15 is 0 Å². The molecule has 1 aromatic heterocycles. The van der Waals surface area contributed by atoms with Gasteiger partial charge in [0.25, 0.3) is 0 Å². The van der Waals surface area contributed by atoms with Crippen molar-refractivity contribution in [3.05, 3.63) is 48.3 Å². The maximum atomic E-state index is 12.3. The van der Waals surface area contributed by atoms with Crippen LogP contribution in [0.4, 0.5) is 0 Å². The summed E-state index contributed by atoms with van der Waals surface area (Å²) in [4.78, 5) is 0.307. The molecule has 3 rings (SSSR count). The second-order valence-electron chi connectivity index (χ2n) is 6.24. The van der Waals surface area contributed by atoms with Crippen molar-refractivity contribution in [3.63, 3.8) is 0 Å². The van der Waals surface area contributed by atoms with E-state index in [-0.39, 0.29) is 0 Å². The molecule has 0 N–H and O–H groups in total. The summed E-state index contributed by atoms with van der Waals surface area (Å²) < 4.78 is 27.9. The molecule has 1 aliphatic carbocycles. The van der Waals surface area contributed by atoms with E-state index in [1.165, 1.54) is 31.2 Å². The topological polar surface area (TPSA) is 68.1 Å². The Bertz CT molecular complexity index is 871. The number of aromatic nitrogens is 3. The Morgan fingerprint density at radius 2 is 2.12 bits per heavy atom. The fraction of sp³-hybridized carbons (Fsp3) is 0.412. The van der Waals surface area contributed by atoms with Crippen LogP contribution in [0.5, 0.6) is 0 Å². The second kappa shape index (κ2) is 7.31. The molecule has 1 aliphatic rings. The Morgan fingerprint density at radius 1 is 1.36 bits per heavy atom. The van der Waals surface area contributed by atoms with Gasteiger partial charge in [-0.2, -0.15) is 0 Å². The van der Waals surface area contributed by atoms with E-state index in [1.807, 2.05) is 12.1 Å². The molecule has 8 heteroatoms. The molecule has 134 valence electrons. The standard InChI is InChI=1S/C17H22N4O2S2/c1-4-10-21-16(14-8-9-14)18-19-17(21)24-12-13-6-5-7-15(11-13)25(22,23)20(2)3/h4-7,11,14H,1,8-10,12H2,2-3H3. The first-order chi connectivity index (χ1) is 11.9. The summed E-state index contributed by atoms with van der Waals surface area (Å²) in [6.45, 7) is 4.50. The maximum Gasteiger partial charge on any atom is 0.242 e. The van der Waals surface area contributed by atoms with Gasteiger partial charge in [-0.25, -0.2) is 12.7 Å². The minimum Gasteiger partial charge on any atom is -0.302 e. The maximum absolute atomic E-state index is 12.3. The highest BCUT2D eigenvalue weighted by Crippen LogP contribution is 2.40. The van der Waals surface area contributed by atoms with Crippen LogP contribution < -0.4 is 0 Å². The summed E-state index contributed by atoms with van der Waals surface area (Å²) >= 11 is 1.57. The molecule has 0 unspecified atom stereocenters. The van der Waals surface area contributed by atoms with Gasteiger partial charge in [-0.15, -0.1) is 16.8 Å². The minimum atomic E-state index is -3.42. The first kappa shape index (κ1) is 18.2. The van der Waals surface area contributed by atoms with Crippen molar-refractivity contribution in [2.24, 2.45) is 0 Å². The van der Waals surface area contributed by atoms with Gasteiger partial charge in [-0.1, -0.05) is 30.0 Å². The molecule has 0 radical (unpaired) electrons. The number of hydrogen-bond donors (Lipinski definition) is 0. The number of rotatable bonds is 8. The molecule has 1 saturated carbocycles. The van der Waals surface area contributed by atoms with Crippen molar-refractivity contribution in [1.29, 1.82) is 0 Å². The van der Waals surface area contributed by atoms with Gasteiger partial charge in [0.2, 0.25) is 10.0 Å². The van der Waals surface area contributed by atoms with Crippen LogP contribution in [-0.2, 0) is 22.3 Å². The molecule has 1 aromatic carbocycles. The molecule has 0 spiro atoms. The Kier molecular flexibility index (Phi) is 5.31. The van der Waals surface area contributed by atoms with Crippen molar-refractivity contribution < 1.29 is 8.42 Å². The van der Waals surface area contributed by atoms with E-state index in [1.54, 1.807) is 30.0 Å². The Labute approximate surface area is 153 Å². The third kappa shape index (κ3) is 3.96. The van der Waals surface area contributed by atoms with Crippen molar-refractivity contribution in [3.8, 4) is 0 Å². The summed E-state index contributed by atoms with van der Waals surface area (Å²) in [5, 5.41) is 9.49. The van der Waals surface area contributed by atoms with Crippen LogP contribution in [0.25, 0.3) is 0 Å². The zero-order chi connectivity index (χ0) is 18.0. The van der Waals surface area contributed by atoms with Crippen LogP contribution in [0.15, 0.2) is 47.0 Å². The molecule has 2 aromatic rings. The van der Waals surface area contributed by atoms with E-state index in [0.717, 1.165) is 16.5 Å². The van der Waals surface area contributed by atoms with Gasteiger partial charge in [0, 0.05) is 32.3 Å². The van der Waals surface area contributed by atoms with Crippen molar-refractivity contribution in [2.75, 3.05) is 14.1 Å². The van der Waals surface area contributed by atoms with Crippen molar-refractivity contribution in [2.45, 2.75) is 41.1 Å². The zero-order valence-electron chi connectivity index (χ0n) is 14.4. The lowest BCUT2D eigenvalue weighted by atomic mass is 10.2. The molecule has 1 fully saturated rings. The Morgan fingerprint density at radius 3 is 2.76 bits per heavy atom. The fourth-order valence-electron chi connectivity index (χ4n) is 2.51. The summed E-state index contributed by atoms with van der Waals surface area (Å²) in [5.74, 6) is 2.19. The van der Waals surface area contributed by atoms with Crippen LogP contribution in [0.3, 0.4) is 0 Å². The van der Waals surface area contributed by atoms with Crippen LogP contribution in [0, 0.1) is 0 Å². The largest absolute Gasteiger partial charge is 0.302 e. The quantitative estimate of drug-likeness (QED) is 0.522. The number of thioether (sulfide) groups is 1. The summed E-state index contributed by atoms with van der Waals surface area (Å²) in [6, 6.07) is 7.04. The van der Waals surface area contributed by atoms with E-state index in [9.17, 15) is 8.42 Å². The number of allylic oxidation sites excluding steroid dienone is 1. The fourth-order valence-corrected chi connectivity index (χ4v) is 4.38. The Hall–Kier alpha value is -1.64. The smallest absolute Gasteiger partial charge is 0.242 e. The molecule has 0 bridgehead atoms. The van der Waals surface area contributed by atoms with E-state index in [0.29, 0.717) is 23.1 Å². The first-order valence-corrected chi connectivity index (χ1v) is 10.5. The highest BCUT2D eigenvalue weighted by atomic mass is 32.2. The molecular formula is C17H22N4O2S2. The molecule has 25 heavy (non-hydrogen) atoms. The molecule has 1 heterocycles. The predicted octanol–water partition coefficient (Wildman–Crippen LogP) is 2.88. The summed E-state index contributed by atoms with van der Waals surface area (Å²) in [6.07, 6.45) is 4.19. The third-order valence-corrected chi connectivity index (χ3v) is 6.89. The highest BCUT2D eigenvalue weighted by Gasteiger charge is 2.30. The van der Waals surface area contributed by atoms with Gasteiger partial charge in [0.15, 0.2) is 5.16 Å². The summed E-state index contributed by atoms with van der Waals surface area (Å²) in [7, 11) is -0.349. The Balaban J connectivity index is 1.77. The number of sulfonamides is 1. The predicted molar refractivity (Wildman–Crippen MR) is 99.1 cm³/mol. The molecule has 6 nitrogen and oxygen atoms in total. The van der Waals surface area contributed by atoms with Gasteiger partial charge >= 0.3 is 0 Å². The van der Waals surface area contributed by atoms with Crippen LogP contribution >= 0.6 is 11.8 Å².